The predicted molar refractivity (Wildman–Crippen MR) is 101 cm³/mol. The maximum absolute atomic E-state index is 12.3. The van der Waals surface area contributed by atoms with Crippen LogP contribution in [0.5, 0.6) is 17.2 Å². The van der Waals surface area contributed by atoms with Crippen molar-refractivity contribution in [3.63, 3.8) is 0 Å². The molecule has 1 atom stereocenters. The van der Waals surface area contributed by atoms with Gasteiger partial charge in [0.2, 0.25) is 5.91 Å². The lowest BCUT2D eigenvalue weighted by atomic mass is 10.0. The molecule has 26 heavy (non-hydrogen) atoms. The summed E-state index contributed by atoms with van der Waals surface area (Å²) in [6, 6.07) is 10.5. The molecule has 0 aliphatic rings. The molecule has 0 aliphatic heterocycles. The number of nitrogens with one attached hydrogen (secondary N) is 1. The van der Waals surface area contributed by atoms with Gasteiger partial charge in [-0.1, -0.05) is 29.8 Å². The predicted octanol–water partition coefficient (Wildman–Crippen LogP) is 2.38. The topological polar surface area (TPSA) is 82.8 Å². The smallest absolute Gasteiger partial charge is 0.241 e. The molecule has 0 bridgehead atoms. The van der Waals surface area contributed by atoms with Gasteiger partial charge < -0.3 is 25.3 Å². The Labute approximate surface area is 154 Å². The van der Waals surface area contributed by atoms with Gasteiger partial charge in [-0.15, -0.1) is 0 Å². The third-order valence-electron chi connectivity index (χ3n) is 4.21. The van der Waals surface area contributed by atoms with Crippen molar-refractivity contribution in [1.29, 1.82) is 0 Å². The Hall–Kier alpha value is -2.73. The first-order chi connectivity index (χ1) is 12.5. The molecular weight excluding hydrogens is 332 g/mol. The number of rotatable bonds is 8. The second-order valence-electron chi connectivity index (χ2n) is 5.94. The number of amides is 1. The van der Waals surface area contributed by atoms with Crippen LogP contribution in [0.2, 0.25) is 0 Å². The molecule has 0 fully saturated rings. The summed E-state index contributed by atoms with van der Waals surface area (Å²) >= 11 is 0. The minimum absolute atomic E-state index is 0.222. The van der Waals surface area contributed by atoms with Crippen LogP contribution in [0.1, 0.15) is 22.7 Å². The van der Waals surface area contributed by atoms with Crippen molar-refractivity contribution in [3.05, 3.63) is 53.1 Å². The van der Waals surface area contributed by atoms with Crippen LogP contribution in [0.15, 0.2) is 36.4 Å². The number of hydrogen-bond donors (Lipinski definition) is 2. The Morgan fingerprint density at radius 3 is 2.12 bits per heavy atom. The lowest BCUT2D eigenvalue weighted by Crippen LogP contribution is -2.35. The fourth-order valence-corrected chi connectivity index (χ4v) is 2.67. The van der Waals surface area contributed by atoms with E-state index in [1.807, 2.05) is 31.2 Å². The molecule has 2 rings (SSSR count). The number of nitrogens with two attached hydrogens (primary N) is 1. The molecule has 6 heteroatoms. The summed E-state index contributed by atoms with van der Waals surface area (Å²) in [5, 5.41) is 2.87. The van der Waals surface area contributed by atoms with E-state index >= 15 is 0 Å². The molecule has 3 N–H and O–H groups in total. The first-order valence-corrected chi connectivity index (χ1v) is 8.39. The molecule has 0 saturated heterocycles. The molecule has 0 aliphatic carbocycles. The molecule has 1 amide bonds. The van der Waals surface area contributed by atoms with Gasteiger partial charge in [-0.2, -0.15) is 0 Å². The first-order valence-electron chi connectivity index (χ1n) is 8.39. The van der Waals surface area contributed by atoms with E-state index in [9.17, 15) is 4.79 Å². The molecule has 0 saturated carbocycles. The van der Waals surface area contributed by atoms with Gasteiger partial charge in [0.05, 0.1) is 21.3 Å². The molecule has 2 aromatic rings. The van der Waals surface area contributed by atoms with Crippen LogP contribution in [0.4, 0.5) is 0 Å². The lowest BCUT2D eigenvalue weighted by molar-refractivity contribution is -0.122. The van der Waals surface area contributed by atoms with Crippen LogP contribution in [-0.2, 0) is 11.2 Å². The van der Waals surface area contributed by atoms with E-state index in [1.165, 1.54) is 0 Å². The van der Waals surface area contributed by atoms with Crippen LogP contribution < -0.4 is 25.3 Å². The molecule has 0 aromatic heterocycles. The van der Waals surface area contributed by atoms with E-state index in [0.717, 1.165) is 16.7 Å². The second-order valence-corrected chi connectivity index (χ2v) is 5.94. The zero-order valence-corrected chi connectivity index (χ0v) is 15.7. The van der Waals surface area contributed by atoms with E-state index in [2.05, 4.69) is 5.32 Å². The first kappa shape index (κ1) is 19.6. The van der Waals surface area contributed by atoms with Gasteiger partial charge in [0.15, 0.2) is 0 Å². The number of methoxy groups -OCH3 is 3. The lowest BCUT2D eigenvalue weighted by Gasteiger charge is -2.16. The molecule has 0 radical (unpaired) electrons. The monoisotopic (exact) mass is 358 g/mol. The van der Waals surface area contributed by atoms with Gasteiger partial charge in [-0.25, -0.2) is 0 Å². The van der Waals surface area contributed by atoms with Gasteiger partial charge in [0.1, 0.15) is 23.3 Å². The summed E-state index contributed by atoms with van der Waals surface area (Å²) < 4.78 is 16.1. The Balaban J connectivity index is 2.02. The summed E-state index contributed by atoms with van der Waals surface area (Å²) in [5.41, 5.74) is 8.81. The van der Waals surface area contributed by atoms with Crippen molar-refractivity contribution < 1.29 is 19.0 Å². The summed E-state index contributed by atoms with van der Waals surface area (Å²) in [6.45, 7) is 2.41. The number of ether oxygens (including phenoxy) is 3. The maximum Gasteiger partial charge on any atom is 0.241 e. The van der Waals surface area contributed by atoms with E-state index in [0.29, 0.717) is 30.2 Å². The largest absolute Gasteiger partial charge is 0.496 e. The maximum atomic E-state index is 12.3. The Morgan fingerprint density at radius 2 is 1.62 bits per heavy atom. The standard InChI is InChI=1S/C20H26N2O4/c1-13-5-7-14(8-6-13)19(21)20(23)22-10-9-16-17(25-3)11-15(24-2)12-18(16)26-4/h5-8,11-12,19H,9-10,21H2,1-4H3,(H,22,23). The molecule has 1 unspecified atom stereocenters. The summed E-state index contributed by atoms with van der Waals surface area (Å²) in [5.74, 6) is 1.73. The fraction of sp³-hybridized carbons (Fsp3) is 0.350. The van der Waals surface area contributed by atoms with Crippen molar-refractivity contribution in [2.45, 2.75) is 19.4 Å². The quantitative estimate of drug-likeness (QED) is 0.757. The SMILES string of the molecule is COc1cc(OC)c(CCNC(=O)C(N)c2ccc(C)cc2)c(OC)c1. The highest BCUT2D eigenvalue weighted by Gasteiger charge is 2.17. The average molecular weight is 358 g/mol. The van der Waals surface area contributed by atoms with Crippen molar-refractivity contribution >= 4 is 5.91 Å². The van der Waals surface area contributed by atoms with Gasteiger partial charge >= 0.3 is 0 Å². The van der Waals surface area contributed by atoms with Crippen LogP contribution in [-0.4, -0.2) is 33.8 Å². The van der Waals surface area contributed by atoms with Crippen molar-refractivity contribution in [3.8, 4) is 17.2 Å². The minimum Gasteiger partial charge on any atom is -0.496 e. The fourth-order valence-electron chi connectivity index (χ4n) is 2.67. The van der Waals surface area contributed by atoms with Crippen molar-refractivity contribution in [2.75, 3.05) is 27.9 Å². The normalized spacial score (nSPS) is 11.6. The minimum atomic E-state index is -0.699. The molecule has 0 heterocycles. The Kier molecular flexibility index (Phi) is 6.86. The van der Waals surface area contributed by atoms with Crippen LogP contribution in [0.3, 0.4) is 0 Å². The van der Waals surface area contributed by atoms with Gasteiger partial charge in [-0.3, -0.25) is 4.79 Å². The second kappa shape index (κ2) is 9.10. The molecule has 2 aromatic carbocycles. The van der Waals surface area contributed by atoms with Crippen molar-refractivity contribution in [1.82, 2.24) is 5.32 Å². The number of aryl methyl sites for hydroxylation is 1. The van der Waals surface area contributed by atoms with E-state index < -0.39 is 6.04 Å². The zero-order valence-electron chi connectivity index (χ0n) is 15.7. The number of carbonyl (C=O) groups is 1. The number of hydrogen-bond acceptors (Lipinski definition) is 5. The zero-order chi connectivity index (χ0) is 19.1. The number of benzene rings is 2. The van der Waals surface area contributed by atoms with Crippen LogP contribution in [0.25, 0.3) is 0 Å². The summed E-state index contributed by atoms with van der Waals surface area (Å²) in [7, 11) is 4.76. The van der Waals surface area contributed by atoms with Crippen LogP contribution in [0, 0.1) is 6.92 Å². The highest BCUT2D eigenvalue weighted by Crippen LogP contribution is 2.34. The summed E-state index contributed by atoms with van der Waals surface area (Å²) in [4.78, 5) is 12.3. The van der Waals surface area contributed by atoms with Crippen LogP contribution >= 0.6 is 0 Å². The molecular formula is C20H26N2O4. The summed E-state index contributed by atoms with van der Waals surface area (Å²) in [6.07, 6.45) is 0.544. The van der Waals surface area contributed by atoms with Gasteiger partial charge in [-0.05, 0) is 18.9 Å². The number of carbonyl (C=O) groups excluding carboxylic acids is 1. The average Bonchev–Trinajstić information content (AvgIpc) is 2.67. The molecule has 6 nitrogen and oxygen atoms in total. The molecule has 0 spiro atoms. The Bertz CT molecular complexity index is 719. The Morgan fingerprint density at radius 1 is 1.04 bits per heavy atom. The van der Waals surface area contributed by atoms with Gasteiger partial charge in [0.25, 0.3) is 0 Å². The van der Waals surface area contributed by atoms with E-state index in [4.69, 9.17) is 19.9 Å². The third kappa shape index (κ3) is 4.67. The van der Waals surface area contributed by atoms with E-state index in [1.54, 1.807) is 33.5 Å². The van der Waals surface area contributed by atoms with Gasteiger partial charge in [0, 0.05) is 24.2 Å². The van der Waals surface area contributed by atoms with Crippen molar-refractivity contribution in [2.24, 2.45) is 5.73 Å². The molecule has 140 valence electrons. The third-order valence-corrected chi connectivity index (χ3v) is 4.21. The highest BCUT2D eigenvalue weighted by molar-refractivity contribution is 5.82. The van der Waals surface area contributed by atoms with E-state index in [-0.39, 0.29) is 5.91 Å². The highest BCUT2D eigenvalue weighted by atomic mass is 16.5.